The molecule has 1 N–H and O–H groups in total. The van der Waals surface area contributed by atoms with Gasteiger partial charge in [-0.15, -0.1) is 0 Å². The van der Waals surface area contributed by atoms with Crippen LogP contribution in [0, 0.1) is 0 Å². The van der Waals surface area contributed by atoms with Crippen molar-refractivity contribution >= 4 is 35.2 Å². The highest BCUT2D eigenvalue weighted by Gasteiger charge is 2.36. The number of anilines is 1. The molecule has 8 nitrogen and oxygen atoms in total. The zero-order valence-corrected chi connectivity index (χ0v) is 14.0. The van der Waals surface area contributed by atoms with Crippen LogP contribution >= 0.6 is 0 Å². The maximum absolute atomic E-state index is 12.4. The standard InChI is InChI=1S/C19H13N3O5/c23-15-9-10-16(24)21(15)12-7-5-11(6-8-12)17(25)20-22-18(26)13-3-1-2-4-14(13)19(22)27/h1-8H,9-10H2,(H,20,25). The highest BCUT2D eigenvalue weighted by molar-refractivity contribution is 6.22. The third-order valence-electron chi connectivity index (χ3n) is 4.45. The minimum Gasteiger partial charge on any atom is -0.274 e. The van der Waals surface area contributed by atoms with E-state index >= 15 is 0 Å². The summed E-state index contributed by atoms with van der Waals surface area (Å²) in [5.74, 6) is -2.44. The van der Waals surface area contributed by atoms with Gasteiger partial charge in [0.1, 0.15) is 0 Å². The van der Waals surface area contributed by atoms with E-state index in [-0.39, 0.29) is 41.3 Å². The molecule has 0 aromatic heterocycles. The van der Waals surface area contributed by atoms with E-state index in [4.69, 9.17) is 0 Å². The van der Waals surface area contributed by atoms with Gasteiger partial charge in [0.05, 0.1) is 16.8 Å². The Morgan fingerprint density at radius 3 is 1.81 bits per heavy atom. The van der Waals surface area contributed by atoms with Crippen LogP contribution in [0.15, 0.2) is 48.5 Å². The van der Waals surface area contributed by atoms with Crippen LogP contribution in [0.25, 0.3) is 0 Å². The summed E-state index contributed by atoms with van der Waals surface area (Å²) in [6.45, 7) is 0. The Morgan fingerprint density at radius 1 is 0.778 bits per heavy atom. The van der Waals surface area contributed by atoms with Crippen molar-refractivity contribution < 1.29 is 24.0 Å². The third kappa shape index (κ3) is 2.67. The van der Waals surface area contributed by atoms with Gasteiger partial charge in [0.15, 0.2) is 0 Å². The number of nitrogens with zero attached hydrogens (tertiary/aromatic N) is 2. The summed E-state index contributed by atoms with van der Waals surface area (Å²) in [7, 11) is 0. The normalized spacial score (nSPS) is 16.1. The molecule has 0 atom stereocenters. The van der Waals surface area contributed by atoms with Gasteiger partial charge in [0, 0.05) is 18.4 Å². The average molecular weight is 363 g/mol. The number of fused-ring (bicyclic) bond motifs is 1. The summed E-state index contributed by atoms with van der Waals surface area (Å²) in [5.41, 5.74) is 3.30. The predicted octanol–water partition coefficient (Wildman–Crippen LogP) is 1.28. The third-order valence-corrected chi connectivity index (χ3v) is 4.45. The first-order valence-electron chi connectivity index (χ1n) is 8.22. The van der Waals surface area contributed by atoms with E-state index in [9.17, 15) is 24.0 Å². The van der Waals surface area contributed by atoms with Crippen molar-refractivity contribution in [2.24, 2.45) is 0 Å². The molecule has 4 rings (SSSR count). The molecule has 2 aliphatic heterocycles. The summed E-state index contributed by atoms with van der Waals surface area (Å²) in [4.78, 5) is 61.6. The Labute approximate surface area is 153 Å². The van der Waals surface area contributed by atoms with Gasteiger partial charge in [-0.25, -0.2) is 0 Å². The first-order chi connectivity index (χ1) is 13.0. The van der Waals surface area contributed by atoms with E-state index in [0.717, 1.165) is 4.90 Å². The average Bonchev–Trinajstić information content (AvgIpc) is 3.14. The van der Waals surface area contributed by atoms with E-state index < -0.39 is 17.7 Å². The van der Waals surface area contributed by atoms with Crippen molar-refractivity contribution in [2.75, 3.05) is 4.90 Å². The lowest BCUT2D eigenvalue weighted by atomic mass is 10.1. The van der Waals surface area contributed by atoms with Crippen molar-refractivity contribution in [2.45, 2.75) is 12.8 Å². The van der Waals surface area contributed by atoms with Crippen LogP contribution in [0.1, 0.15) is 43.9 Å². The quantitative estimate of drug-likeness (QED) is 0.828. The lowest BCUT2D eigenvalue weighted by Gasteiger charge is -2.16. The number of rotatable bonds is 3. The summed E-state index contributed by atoms with van der Waals surface area (Å²) in [5, 5.41) is 0.675. The Hall–Kier alpha value is -3.81. The fraction of sp³-hybridized carbons (Fsp3) is 0.105. The van der Waals surface area contributed by atoms with Crippen LogP contribution in [0.5, 0.6) is 0 Å². The molecule has 8 heteroatoms. The fourth-order valence-electron chi connectivity index (χ4n) is 3.08. The second kappa shape index (κ2) is 6.17. The fourth-order valence-corrected chi connectivity index (χ4v) is 3.08. The van der Waals surface area contributed by atoms with Crippen LogP contribution in [-0.4, -0.2) is 34.5 Å². The number of benzene rings is 2. The zero-order chi connectivity index (χ0) is 19.1. The van der Waals surface area contributed by atoms with Gasteiger partial charge in [-0.3, -0.25) is 34.3 Å². The van der Waals surface area contributed by atoms with Gasteiger partial charge in [-0.2, -0.15) is 5.01 Å². The van der Waals surface area contributed by atoms with Crippen molar-refractivity contribution in [3.63, 3.8) is 0 Å². The molecular weight excluding hydrogens is 350 g/mol. The molecule has 0 unspecified atom stereocenters. The zero-order valence-electron chi connectivity index (χ0n) is 14.0. The van der Waals surface area contributed by atoms with E-state index in [1.807, 2.05) is 0 Å². The summed E-state index contributed by atoms with van der Waals surface area (Å²) < 4.78 is 0. The lowest BCUT2D eigenvalue weighted by Crippen LogP contribution is -2.45. The lowest BCUT2D eigenvalue weighted by molar-refractivity contribution is -0.121. The number of hydrogen-bond donors (Lipinski definition) is 1. The maximum atomic E-state index is 12.4. The molecule has 1 fully saturated rings. The van der Waals surface area contributed by atoms with Crippen LogP contribution in [-0.2, 0) is 9.59 Å². The predicted molar refractivity (Wildman–Crippen MR) is 92.6 cm³/mol. The van der Waals surface area contributed by atoms with Crippen LogP contribution in [0.2, 0.25) is 0 Å². The van der Waals surface area contributed by atoms with Crippen LogP contribution in [0.3, 0.4) is 0 Å². The Bertz CT molecular complexity index is 961. The smallest absolute Gasteiger partial charge is 0.274 e. The van der Waals surface area contributed by atoms with Gasteiger partial charge in [0.2, 0.25) is 11.8 Å². The van der Waals surface area contributed by atoms with Crippen molar-refractivity contribution in [1.82, 2.24) is 10.4 Å². The molecular formula is C19H13N3O5. The van der Waals surface area contributed by atoms with Gasteiger partial charge >= 0.3 is 0 Å². The Kier molecular flexibility index (Phi) is 3.80. The number of carbonyl (C=O) groups excluding carboxylic acids is 5. The Morgan fingerprint density at radius 2 is 1.30 bits per heavy atom. The second-order valence-electron chi connectivity index (χ2n) is 6.10. The molecule has 27 heavy (non-hydrogen) atoms. The highest BCUT2D eigenvalue weighted by atomic mass is 16.2. The number of hydrazine groups is 1. The first kappa shape index (κ1) is 16.6. The summed E-state index contributed by atoms with van der Waals surface area (Å²) in [6, 6.07) is 12.1. The largest absolute Gasteiger partial charge is 0.280 e. The first-order valence-corrected chi connectivity index (χ1v) is 8.22. The molecule has 0 spiro atoms. The maximum Gasteiger partial charge on any atom is 0.280 e. The van der Waals surface area contributed by atoms with Crippen molar-refractivity contribution in [3.05, 3.63) is 65.2 Å². The molecule has 0 saturated carbocycles. The highest BCUT2D eigenvalue weighted by Crippen LogP contribution is 2.24. The SMILES string of the molecule is O=C(NN1C(=O)c2ccccc2C1=O)c1ccc(N2C(=O)CCC2=O)cc1. The monoisotopic (exact) mass is 363 g/mol. The molecule has 0 aliphatic carbocycles. The topological polar surface area (TPSA) is 104 Å². The molecule has 2 aliphatic rings. The van der Waals surface area contributed by atoms with E-state index in [1.54, 1.807) is 12.1 Å². The molecule has 2 aromatic carbocycles. The van der Waals surface area contributed by atoms with Gasteiger partial charge < -0.3 is 0 Å². The number of amides is 5. The molecule has 5 amide bonds. The van der Waals surface area contributed by atoms with E-state index in [2.05, 4.69) is 5.43 Å². The minimum atomic E-state index is -0.657. The second-order valence-corrected chi connectivity index (χ2v) is 6.10. The van der Waals surface area contributed by atoms with Crippen molar-refractivity contribution in [3.8, 4) is 0 Å². The molecule has 1 saturated heterocycles. The van der Waals surface area contributed by atoms with Crippen molar-refractivity contribution in [1.29, 1.82) is 0 Å². The van der Waals surface area contributed by atoms with E-state index in [0.29, 0.717) is 10.7 Å². The van der Waals surface area contributed by atoms with E-state index in [1.165, 1.54) is 36.4 Å². The van der Waals surface area contributed by atoms with Gasteiger partial charge in [-0.1, -0.05) is 12.1 Å². The van der Waals surface area contributed by atoms with Gasteiger partial charge in [-0.05, 0) is 36.4 Å². The van der Waals surface area contributed by atoms with Crippen LogP contribution < -0.4 is 10.3 Å². The minimum absolute atomic E-state index is 0.167. The summed E-state index contributed by atoms with van der Waals surface area (Å²) >= 11 is 0. The summed E-state index contributed by atoms with van der Waals surface area (Å²) in [6.07, 6.45) is 0.335. The molecule has 2 heterocycles. The molecule has 2 aromatic rings. The Balaban J connectivity index is 1.51. The van der Waals surface area contributed by atoms with Crippen LogP contribution in [0.4, 0.5) is 5.69 Å². The molecule has 0 bridgehead atoms. The number of carbonyl (C=O) groups is 5. The number of nitrogens with one attached hydrogen (secondary N) is 1. The van der Waals surface area contributed by atoms with Gasteiger partial charge in [0.25, 0.3) is 17.7 Å². The molecule has 0 radical (unpaired) electrons. The number of hydrogen-bond acceptors (Lipinski definition) is 5. The number of imide groups is 2. The molecule has 134 valence electrons.